The van der Waals surface area contributed by atoms with Gasteiger partial charge >= 0.3 is 5.97 Å². The first-order valence-electron chi connectivity index (χ1n) is 8.29. The minimum Gasteiger partial charge on any atom is -0.490 e. The molecule has 0 unspecified atom stereocenters. The van der Waals surface area contributed by atoms with Crippen molar-refractivity contribution in [2.45, 2.75) is 6.61 Å². The predicted molar refractivity (Wildman–Crippen MR) is 97.2 cm³/mol. The third kappa shape index (κ3) is 5.34. The Bertz CT molecular complexity index is 804. The van der Waals surface area contributed by atoms with E-state index in [9.17, 15) is 4.79 Å². The van der Waals surface area contributed by atoms with Gasteiger partial charge in [-0.2, -0.15) is 0 Å². The second-order valence-electron chi connectivity index (χ2n) is 5.45. The zero-order valence-electron chi connectivity index (χ0n) is 14.2. The van der Waals surface area contributed by atoms with Gasteiger partial charge in [-0.3, -0.25) is 0 Å². The molecule has 3 aromatic rings. The van der Waals surface area contributed by atoms with Gasteiger partial charge in [0.1, 0.15) is 37.0 Å². The molecule has 0 atom stereocenters. The highest BCUT2D eigenvalue weighted by molar-refractivity contribution is 5.87. The largest absolute Gasteiger partial charge is 0.490 e. The number of benzene rings is 2. The van der Waals surface area contributed by atoms with Gasteiger partial charge in [-0.1, -0.05) is 36.4 Å². The van der Waals surface area contributed by atoms with Gasteiger partial charge < -0.3 is 14.2 Å². The number of hydrogen-bond donors (Lipinski definition) is 0. The molecule has 0 bridgehead atoms. The second kappa shape index (κ2) is 9.22. The Balaban J connectivity index is 1.38. The fourth-order valence-electron chi connectivity index (χ4n) is 2.22. The number of ether oxygens (including phenoxy) is 3. The van der Waals surface area contributed by atoms with Gasteiger partial charge in [0, 0.05) is 6.20 Å². The Hall–Kier alpha value is -3.34. The van der Waals surface area contributed by atoms with Crippen LogP contribution in [0.25, 0.3) is 0 Å². The SMILES string of the molecule is O=C(OCCOc1ccc(OCc2ccccc2)cc1)c1ccccn1. The Morgan fingerprint density at radius 3 is 2.15 bits per heavy atom. The maximum Gasteiger partial charge on any atom is 0.357 e. The van der Waals surface area contributed by atoms with E-state index in [1.54, 1.807) is 24.4 Å². The average Bonchev–Trinajstić information content (AvgIpc) is 2.72. The third-order valence-corrected chi connectivity index (χ3v) is 3.53. The van der Waals surface area contributed by atoms with Gasteiger partial charge in [-0.15, -0.1) is 0 Å². The van der Waals surface area contributed by atoms with Gasteiger partial charge in [0.25, 0.3) is 0 Å². The van der Waals surface area contributed by atoms with Crippen molar-refractivity contribution in [2.75, 3.05) is 13.2 Å². The van der Waals surface area contributed by atoms with Crippen LogP contribution in [0, 0.1) is 0 Å². The van der Waals surface area contributed by atoms with Gasteiger partial charge in [-0.25, -0.2) is 9.78 Å². The zero-order chi connectivity index (χ0) is 18.0. The molecule has 0 amide bonds. The van der Waals surface area contributed by atoms with Crippen molar-refractivity contribution in [2.24, 2.45) is 0 Å². The van der Waals surface area contributed by atoms with E-state index < -0.39 is 5.97 Å². The summed E-state index contributed by atoms with van der Waals surface area (Å²) in [6.07, 6.45) is 1.55. The van der Waals surface area contributed by atoms with E-state index in [0.29, 0.717) is 12.4 Å². The van der Waals surface area contributed by atoms with Crippen LogP contribution in [0.3, 0.4) is 0 Å². The third-order valence-electron chi connectivity index (χ3n) is 3.53. The van der Waals surface area contributed by atoms with E-state index in [1.165, 1.54) is 0 Å². The second-order valence-corrected chi connectivity index (χ2v) is 5.45. The van der Waals surface area contributed by atoms with Crippen molar-refractivity contribution in [3.05, 3.63) is 90.3 Å². The summed E-state index contributed by atoms with van der Waals surface area (Å²) in [5, 5.41) is 0. The quantitative estimate of drug-likeness (QED) is 0.456. The van der Waals surface area contributed by atoms with Crippen LogP contribution in [0.1, 0.15) is 16.1 Å². The standard InChI is InChI=1S/C21H19NO4/c23-21(20-8-4-5-13-22-20)25-15-14-24-18-9-11-19(12-10-18)26-16-17-6-2-1-3-7-17/h1-13H,14-16H2. The molecular formula is C21H19NO4. The van der Waals surface area contributed by atoms with Crippen molar-refractivity contribution < 1.29 is 19.0 Å². The fourth-order valence-corrected chi connectivity index (χ4v) is 2.22. The van der Waals surface area contributed by atoms with Crippen LogP contribution < -0.4 is 9.47 Å². The van der Waals surface area contributed by atoms with Crippen LogP contribution in [0.2, 0.25) is 0 Å². The van der Waals surface area contributed by atoms with Gasteiger partial charge in [0.05, 0.1) is 0 Å². The molecule has 2 aromatic carbocycles. The Morgan fingerprint density at radius 2 is 1.46 bits per heavy atom. The highest BCUT2D eigenvalue weighted by atomic mass is 16.6. The van der Waals surface area contributed by atoms with Gasteiger partial charge in [0.2, 0.25) is 0 Å². The molecule has 5 heteroatoms. The van der Waals surface area contributed by atoms with E-state index in [2.05, 4.69) is 4.98 Å². The van der Waals surface area contributed by atoms with Gasteiger partial charge in [-0.05, 0) is 42.0 Å². The monoisotopic (exact) mass is 349 g/mol. The lowest BCUT2D eigenvalue weighted by Gasteiger charge is -2.09. The van der Waals surface area contributed by atoms with Crippen molar-refractivity contribution in [3.8, 4) is 11.5 Å². The zero-order valence-corrected chi connectivity index (χ0v) is 14.2. The maximum atomic E-state index is 11.7. The molecule has 26 heavy (non-hydrogen) atoms. The van der Waals surface area contributed by atoms with Crippen molar-refractivity contribution >= 4 is 5.97 Å². The number of carbonyl (C=O) groups excluding carboxylic acids is 1. The molecule has 3 rings (SSSR count). The number of carbonyl (C=O) groups is 1. The molecule has 0 fully saturated rings. The molecule has 0 aliphatic carbocycles. The number of pyridine rings is 1. The summed E-state index contributed by atoms with van der Waals surface area (Å²) in [6.45, 7) is 0.939. The average molecular weight is 349 g/mol. The number of esters is 1. The molecule has 0 radical (unpaired) electrons. The summed E-state index contributed by atoms with van der Waals surface area (Å²) in [5.74, 6) is 0.993. The predicted octanol–water partition coefficient (Wildman–Crippen LogP) is 3.90. The van der Waals surface area contributed by atoms with Crippen LogP contribution >= 0.6 is 0 Å². The molecule has 1 heterocycles. The number of nitrogens with zero attached hydrogens (tertiary/aromatic N) is 1. The molecule has 0 aliphatic rings. The van der Waals surface area contributed by atoms with Crippen LogP contribution in [-0.2, 0) is 11.3 Å². The first-order valence-corrected chi connectivity index (χ1v) is 8.29. The van der Waals surface area contributed by atoms with Crippen molar-refractivity contribution in [1.29, 1.82) is 0 Å². The highest BCUT2D eigenvalue weighted by Gasteiger charge is 2.07. The molecule has 0 aliphatic heterocycles. The summed E-state index contributed by atoms with van der Waals surface area (Å²) in [5.41, 5.74) is 1.40. The summed E-state index contributed by atoms with van der Waals surface area (Å²) >= 11 is 0. The Labute approximate surface area is 152 Å². The lowest BCUT2D eigenvalue weighted by molar-refractivity contribution is 0.0443. The summed E-state index contributed by atoms with van der Waals surface area (Å²) in [6, 6.07) is 22.4. The smallest absolute Gasteiger partial charge is 0.357 e. The van der Waals surface area contributed by atoms with E-state index in [-0.39, 0.29) is 18.9 Å². The lowest BCUT2D eigenvalue weighted by atomic mass is 10.2. The summed E-state index contributed by atoms with van der Waals surface area (Å²) in [4.78, 5) is 15.7. The van der Waals surface area contributed by atoms with Crippen LogP contribution in [-0.4, -0.2) is 24.2 Å². The molecule has 1 aromatic heterocycles. The number of hydrogen-bond acceptors (Lipinski definition) is 5. The topological polar surface area (TPSA) is 57.7 Å². The lowest BCUT2D eigenvalue weighted by Crippen LogP contribution is -2.13. The minimum atomic E-state index is -0.459. The molecule has 132 valence electrons. The van der Waals surface area contributed by atoms with E-state index in [0.717, 1.165) is 11.3 Å². The van der Waals surface area contributed by atoms with Crippen LogP contribution in [0.4, 0.5) is 0 Å². The van der Waals surface area contributed by atoms with Crippen LogP contribution in [0.5, 0.6) is 11.5 Å². The Morgan fingerprint density at radius 1 is 0.769 bits per heavy atom. The van der Waals surface area contributed by atoms with Crippen molar-refractivity contribution in [3.63, 3.8) is 0 Å². The van der Waals surface area contributed by atoms with E-state index >= 15 is 0 Å². The number of aromatic nitrogens is 1. The maximum absolute atomic E-state index is 11.7. The number of rotatable bonds is 8. The van der Waals surface area contributed by atoms with Crippen LogP contribution in [0.15, 0.2) is 79.0 Å². The molecule has 0 N–H and O–H groups in total. The molecule has 0 spiro atoms. The van der Waals surface area contributed by atoms with E-state index in [1.807, 2.05) is 54.6 Å². The minimum absolute atomic E-state index is 0.154. The normalized spacial score (nSPS) is 10.2. The van der Waals surface area contributed by atoms with Crippen molar-refractivity contribution in [1.82, 2.24) is 4.98 Å². The highest BCUT2D eigenvalue weighted by Crippen LogP contribution is 2.18. The first-order chi connectivity index (χ1) is 12.8. The Kier molecular flexibility index (Phi) is 6.20. The van der Waals surface area contributed by atoms with Gasteiger partial charge in [0.15, 0.2) is 0 Å². The summed E-state index contributed by atoms with van der Waals surface area (Å²) in [7, 11) is 0. The molecule has 5 nitrogen and oxygen atoms in total. The molecule has 0 saturated heterocycles. The fraction of sp³-hybridized carbons (Fsp3) is 0.143. The molecule has 0 saturated carbocycles. The summed E-state index contributed by atoms with van der Waals surface area (Å²) < 4.78 is 16.4. The first kappa shape index (κ1) is 17.5. The molecular weight excluding hydrogens is 330 g/mol. The van der Waals surface area contributed by atoms with E-state index in [4.69, 9.17) is 14.2 Å².